The fraction of sp³-hybridized carbons (Fsp3) is 0.250. The Hall–Kier alpha value is -4.25. The molecule has 1 fully saturated rings. The number of carboxylic acid groups (broad SMARTS) is 1. The zero-order chi connectivity index (χ0) is 27.9. The van der Waals surface area contributed by atoms with Crippen molar-refractivity contribution in [3.63, 3.8) is 0 Å². The van der Waals surface area contributed by atoms with Gasteiger partial charge in [-0.05, 0) is 76.8 Å². The first-order valence-corrected chi connectivity index (χ1v) is 13.1. The molecule has 204 valence electrons. The van der Waals surface area contributed by atoms with Crippen molar-refractivity contribution in [3.8, 4) is 11.5 Å². The molecule has 0 saturated carbocycles. The average molecular weight is 597 g/mol. The Bertz CT molecular complexity index is 1380. The second-order valence-electron chi connectivity index (χ2n) is 9.02. The number of nitrogen functional groups attached to an aromatic ring is 1. The summed E-state index contributed by atoms with van der Waals surface area (Å²) in [5.41, 5.74) is 8.10. The van der Waals surface area contributed by atoms with Crippen LogP contribution in [0.25, 0.3) is 0 Å². The number of methoxy groups -OCH3 is 1. The van der Waals surface area contributed by atoms with Gasteiger partial charge in [0.1, 0.15) is 18.1 Å². The van der Waals surface area contributed by atoms with E-state index >= 15 is 0 Å². The van der Waals surface area contributed by atoms with Crippen LogP contribution in [0.15, 0.2) is 65.1 Å². The molecule has 0 aliphatic carbocycles. The number of anilines is 3. The lowest BCUT2D eigenvalue weighted by molar-refractivity contribution is -0.131. The largest absolute Gasteiger partial charge is 0.495 e. The maximum absolute atomic E-state index is 13.2. The lowest BCUT2D eigenvalue weighted by atomic mass is 10.1. The Morgan fingerprint density at radius 2 is 1.82 bits per heavy atom. The van der Waals surface area contributed by atoms with Crippen molar-refractivity contribution in [1.82, 2.24) is 4.90 Å². The Labute approximate surface area is 234 Å². The number of carbonyl (C=O) groups is 3. The van der Waals surface area contributed by atoms with Crippen LogP contribution >= 0.6 is 15.9 Å². The monoisotopic (exact) mass is 596 g/mol. The van der Waals surface area contributed by atoms with E-state index in [-0.39, 0.29) is 36.2 Å². The van der Waals surface area contributed by atoms with Gasteiger partial charge in [0.25, 0.3) is 0 Å². The summed E-state index contributed by atoms with van der Waals surface area (Å²) in [4.78, 5) is 38.6. The molecule has 0 spiro atoms. The molecule has 4 rings (SSSR count). The lowest BCUT2D eigenvalue weighted by Gasteiger charge is -2.25. The molecule has 0 radical (unpaired) electrons. The third-order valence-corrected chi connectivity index (χ3v) is 7.07. The number of halogens is 1. The van der Waals surface area contributed by atoms with Gasteiger partial charge < -0.3 is 35.8 Å². The van der Waals surface area contributed by atoms with E-state index in [1.807, 2.05) is 18.2 Å². The zero-order valence-corrected chi connectivity index (χ0v) is 22.9. The highest BCUT2D eigenvalue weighted by atomic mass is 79.9. The number of nitrogens with two attached hydrogens (primary N) is 1. The van der Waals surface area contributed by atoms with Crippen molar-refractivity contribution < 1.29 is 29.0 Å². The number of urea groups is 1. The van der Waals surface area contributed by atoms with Crippen LogP contribution in [0.1, 0.15) is 28.8 Å². The van der Waals surface area contributed by atoms with Crippen molar-refractivity contribution >= 4 is 50.9 Å². The van der Waals surface area contributed by atoms with Crippen molar-refractivity contribution in [2.75, 3.05) is 36.6 Å². The molecule has 1 unspecified atom stereocenters. The highest BCUT2D eigenvalue weighted by Crippen LogP contribution is 2.29. The molecule has 3 amide bonds. The summed E-state index contributed by atoms with van der Waals surface area (Å²) >= 11 is 3.40. The molecule has 10 nitrogen and oxygen atoms in total. The van der Waals surface area contributed by atoms with Crippen molar-refractivity contribution in [2.45, 2.75) is 25.3 Å². The quantitative estimate of drug-likeness (QED) is 0.255. The van der Waals surface area contributed by atoms with Crippen molar-refractivity contribution in [3.05, 3.63) is 76.3 Å². The number of likely N-dealkylation sites (tertiary alicyclic amines) is 1. The summed E-state index contributed by atoms with van der Waals surface area (Å²) < 4.78 is 12.1. The molecule has 1 atom stereocenters. The molecule has 1 saturated heterocycles. The molecule has 1 heterocycles. The van der Waals surface area contributed by atoms with Crippen LogP contribution in [0.5, 0.6) is 11.5 Å². The van der Waals surface area contributed by atoms with Crippen LogP contribution in [0, 0.1) is 0 Å². The van der Waals surface area contributed by atoms with Gasteiger partial charge in [-0.2, -0.15) is 0 Å². The Balaban J connectivity index is 1.36. The maximum Gasteiger partial charge on any atom is 0.335 e. The van der Waals surface area contributed by atoms with Crippen LogP contribution in [-0.4, -0.2) is 54.2 Å². The van der Waals surface area contributed by atoms with Crippen LogP contribution in [-0.2, 0) is 11.2 Å². The van der Waals surface area contributed by atoms with E-state index in [4.69, 9.17) is 20.3 Å². The minimum Gasteiger partial charge on any atom is -0.495 e. The SMILES string of the molecule is COc1cc(CC(=O)N2CCCC2COc2ccc(C(=O)O)cc2N)ccc1NC(=O)Nc1ccccc1Br. The summed E-state index contributed by atoms with van der Waals surface area (Å²) in [5.74, 6) is -0.297. The summed E-state index contributed by atoms with van der Waals surface area (Å²) in [6, 6.07) is 16.2. The molecular formula is C28H29BrN4O6. The second-order valence-corrected chi connectivity index (χ2v) is 9.88. The number of carbonyl (C=O) groups excluding carboxylic acids is 2. The van der Waals surface area contributed by atoms with E-state index in [1.54, 1.807) is 29.2 Å². The number of nitrogens with zero attached hydrogens (tertiary/aromatic N) is 1. The van der Waals surface area contributed by atoms with Crippen LogP contribution in [0.2, 0.25) is 0 Å². The topological polar surface area (TPSA) is 143 Å². The van der Waals surface area contributed by atoms with Gasteiger partial charge >= 0.3 is 12.0 Å². The summed E-state index contributed by atoms with van der Waals surface area (Å²) in [6.45, 7) is 0.869. The van der Waals surface area contributed by atoms with Gasteiger partial charge in [0.05, 0.1) is 42.2 Å². The van der Waals surface area contributed by atoms with Crippen LogP contribution < -0.4 is 25.8 Å². The third-order valence-electron chi connectivity index (χ3n) is 6.38. The minimum atomic E-state index is -1.06. The van der Waals surface area contributed by atoms with Gasteiger partial charge in [-0.25, -0.2) is 9.59 Å². The first kappa shape index (κ1) is 27.8. The van der Waals surface area contributed by atoms with E-state index in [0.717, 1.165) is 22.9 Å². The number of ether oxygens (including phenoxy) is 2. The number of nitrogens with one attached hydrogen (secondary N) is 2. The van der Waals surface area contributed by atoms with E-state index < -0.39 is 12.0 Å². The number of para-hydroxylation sites is 1. The number of rotatable bonds is 9. The predicted octanol–water partition coefficient (Wildman–Crippen LogP) is 4.99. The van der Waals surface area contributed by atoms with Crippen molar-refractivity contribution in [1.29, 1.82) is 0 Å². The molecule has 0 bridgehead atoms. The molecule has 0 aromatic heterocycles. The van der Waals surface area contributed by atoms with E-state index in [2.05, 4.69) is 26.6 Å². The maximum atomic E-state index is 13.2. The molecule has 3 aromatic carbocycles. The number of amides is 3. The molecule has 11 heteroatoms. The smallest absolute Gasteiger partial charge is 0.335 e. The zero-order valence-electron chi connectivity index (χ0n) is 21.3. The molecule has 1 aliphatic heterocycles. The second kappa shape index (κ2) is 12.5. The highest BCUT2D eigenvalue weighted by Gasteiger charge is 2.29. The molecule has 1 aliphatic rings. The van der Waals surface area contributed by atoms with E-state index in [9.17, 15) is 14.4 Å². The Morgan fingerprint density at radius 1 is 1.05 bits per heavy atom. The fourth-order valence-corrected chi connectivity index (χ4v) is 4.78. The average Bonchev–Trinajstić information content (AvgIpc) is 3.39. The number of carboxylic acids is 1. The van der Waals surface area contributed by atoms with Crippen molar-refractivity contribution in [2.24, 2.45) is 0 Å². The van der Waals surface area contributed by atoms with Gasteiger partial charge in [0, 0.05) is 11.0 Å². The van der Waals surface area contributed by atoms with E-state index in [0.29, 0.717) is 29.4 Å². The molecular weight excluding hydrogens is 568 g/mol. The number of benzene rings is 3. The first-order chi connectivity index (χ1) is 18.7. The Morgan fingerprint density at radius 3 is 2.54 bits per heavy atom. The van der Waals surface area contributed by atoms with E-state index in [1.165, 1.54) is 25.3 Å². The summed E-state index contributed by atoms with van der Waals surface area (Å²) in [7, 11) is 1.50. The first-order valence-electron chi connectivity index (χ1n) is 12.3. The van der Waals surface area contributed by atoms with Gasteiger partial charge in [-0.1, -0.05) is 18.2 Å². The third kappa shape index (κ3) is 6.99. The summed E-state index contributed by atoms with van der Waals surface area (Å²) in [6.07, 6.45) is 1.80. The highest BCUT2D eigenvalue weighted by molar-refractivity contribution is 9.10. The van der Waals surface area contributed by atoms with Gasteiger partial charge in [-0.15, -0.1) is 0 Å². The standard InChI is InChI=1S/C28H29BrN4O6/c1-38-25-13-17(8-10-23(25)32-28(37)31-22-7-3-2-6-20(22)29)14-26(34)33-12-4-5-19(33)16-39-24-11-9-18(27(35)36)15-21(24)30/h2-3,6-11,13,15,19H,4-5,12,14,16,30H2,1H3,(H,35,36)(H2,31,32,37). The predicted molar refractivity (Wildman–Crippen MR) is 152 cm³/mol. The minimum absolute atomic E-state index is 0.0512. The van der Waals surface area contributed by atoms with Gasteiger partial charge in [0.15, 0.2) is 0 Å². The number of hydrogen-bond donors (Lipinski definition) is 4. The Kier molecular flexibility index (Phi) is 8.92. The van der Waals surface area contributed by atoms with Gasteiger partial charge in [-0.3, -0.25) is 4.79 Å². The van der Waals surface area contributed by atoms with Crippen LogP contribution in [0.3, 0.4) is 0 Å². The van der Waals surface area contributed by atoms with Gasteiger partial charge in [0.2, 0.25) is 5.91 Å². The normalized spacial score (nSPS) is 14.5. The van der Waals surface area contributed by atoms with Crippen LogP contribution in [0.4, 0.5) is 21.9 Å². The molecule has 3 aromatic rings. The number of aromatic carboxylic acids is 1. The lowest BCUT2D eigenvalue weighted by Crippen LogP contribution is -2.40. The molecule has 5 N–H and O–H groups in total. The fourth-order valence-electron chi connectivity index (χ4n) is 4.40. The number of hydrogen-bond acceptors (Lipinski definition) is 6. The molecule has 39 heavy (non-hydrogen) atoms. The summed E-state index contributed by atoms with van der Waals surface area (Å²) in [5, 5.41) is 14.6.